The third kappa shape index (κ3) is 4.92. The van der Waals surface area contributed by atoms with Crippen LogP contribution in [0.15, 0.2) is 30.3 Å². The molecule has 1 aromatic carbocycles. The van der Waals surface area contributed by atoms with Crippen LogP contribution in [0.25, 0.3) is 0 Å². The molecule has 0 aliphatic heterocycles. The molecule has 0 spiro atoms. The first-order chi connectivity index (χ1) is 11.4. The lowest BCUT2D eigenvalue weighted by atomic mass is 10.0. The average molecular weight is 364 g/mol. The summed E-state index contributed by atoms with van der Waals surface area (Å²) >= 11 is 7.41. The first kappa shape index (κ1) is 18.7. The van der Waals surface area contributed by atoms with Crippen molar-refractivity contribution < 1.29 is 9.59 Å². The van der Waals surface area contributed by atoms with Gasteiger partial charge in [-0.1, -0.05) is 23.7 Å². The van der Waals surface area contributed by atoms with Gasteiger partial charge < -0.3 is 4.90 Å². The number of amides is 1. The van der Waals surface area contributed by atoms with Crippen molar-refractivity contribution in [1.29, 1.82) is 0 Å². The Hall–Kier alpha value is -1.65. The van der Waals surface area contributed by atoms with Crippen LogP contribution in [0, 0.1) is 13.8 Å². The minimum atomic E-state index is -0.000735. The van der Waals surface area contributed by atoms with E-state index in [1.165, 1.54) is 11.3 Å². The standard InChI is InChI=1S/C19H22ClNO2S/c1-4-21(12-16-7-9-18(20)24-16)19(23)10-8-17(22)15-6-5-13(2)14(3)11-15/h5-7,9,11H,4,8,10,12H2,1-3H3. The van der Waals surface area contributed by atoms with Crippen LogP contribution >= 0.6 is 22.9 Å². The molecule has 128 valence electrons. The zero-order valence-corrected chi connectivity index (χ0v) is 15.8. The van der Waals surface area contributed by atoms with Crippen molar-refractivity contribution in [3.8, 4) is 0 Å². The highest BCUT2D eigenvalue weighted by Gasteiger charge is 2.16. The van der Waals surface area contributed by atoms with Crippen molar-refractivity contribution in [3.63, 3.8) is 0 Å². The topological polar surface area (TPSA) is 37.4 Å². The maximum atomic E-state index is 12.4. The van der Waals surface area contributed by atoms with E-state index in [1.807, 2.05) is 51.1 Å². The number of aryl methyl sites for hydroxylation is 2. The third-order valence-corrected chi connectivity index (χ3v) is 5.32. The molecule has 0 radical (unpaired) electrons. The Morgan fingerprint density at radius 3 is 2.42 bits per heavy atom. The molecule has 0 atom stereocenters. The number of benzene rings is 1. The maximum absolute atomic E-state index is 12.4. The van der Waals surface area contributed by atoms with Crippen molar-refractivity contribution in [2.45, 2.75) is 40.2 Å². The van der Waals surface area contributed by atoms with Crippen LogP contribution < -0.4 is 0 Å². The van der Waals surface area contributed by atoms with Gasteiger partial charge in [0.05, 0.1) is 10.9 Å². The predicted octanol–water partition coefficient (Wildman–Crippen LogP) is 5.03. The molecule has 0 saturated heterocycles. The summed E-state index contributed by atoms with van der Waals surface area (Å²) in [6.45, 7) is 7.11. The number of ketones is 1. The number of Topliss-reactive ketones (excluding diaryl/α,β-unsaturated/α-hetero) is 1. The van der Waals surface area contributed by atoms with Gasteiger partial charge in [-0.15, -0.1) is 11.3 Å². The minimum Gasteiger partial charge on any atom is -0.338 e. The van der Waals surface area contributed by atoms with E-state index in [1.54, 1.807) is 4.90 Å². The predicted molar refractivity (Wildman–Crippen MR) is 99.9 cm³/mol. The number of thiophene rings is 1. The van der Waals surface area contributed by atoms with Crippen molar-refractivity contribution in [2.75, 3.05) is 6.54 Å². The fraction of sp³-hybridized carbons (Fsp3) is 0.368. The molecule has 0 fully saturated rings. The van der Waals surface area contributed by atoms with Gasteiger partial charge in [0.25, 0.3) is 0 Å². The van der Waals surface area contributed by atoms with Gasteiger partial charge in [-0.3, -0.25) is 9.59 Å². The second-order valence-corrected chi connectivity index (χ2v) is 7.64. The summed E-state index contributed by atoms with van der Waals surface area (Å²) < 4.78 is 0.721. The molecule has 3 nitrogen and oxygen atoms in total. The van der Waals surface area contributed by atoms with Crippen LogP contribution in [0.3, 0.4) is 0 Å². The van der Waals surface area contributed by atoms with E-state index in [0.29, 0.717) is 18.7 Å². The van der Waals surface area contributed by atoms with Gasteiger partial charge in [-0.05, 0) is 50.1 Å². The lowest BCUT2D eigenvalue weighted by Crippen LogP contribution is -2.30. The molecule has 1 aromatic heterocycles. The molecule has 0 unspecified atom stereocenters. The summed E-state index contributed by atoms with van der Waals surface area (Å²) in [6, 6.07) is 9.45. The highest BCUT2D eigenvalue weighted by Crippen LogP contribution is 2.23. The third-order valence-electron chi connectivity index (χ3n) is 4.10. The Bertz CT molecular complexity index is 739. The fourth-order valence-corrected chi connectivity index (χ4v) is 3.54. The molecule has 24 heavy (non-hydrogen) atoms. The second kappa shape index (κ2) is 8.45. The van der Waals surface area contributed by atoms with Crippen LogP contribution in [-0.4, -0.2) is 23.1 Å². The quantitative estimate of drug-likeness (QED) is 0.647. The summed E-state index contributed by atoms with van der Waals surface area (Å²) in [4.78, 5) is 27.5. The highest BCUT2D eigenvalue weighted by atomic mass is 35.5. The van der Waals surface area contributed by atoms with E-state index in [-0.39, 0.29) is 24.5 Å². The van der Waals surface area contributed by atoms with Gasteiger partial charge in [0.15, 0.2) is 5.78 Å². The summed E-state index contributed by atoms with van der Waals surface area (Å²) in [5.74, 6) is 0.0147. The summed E-state index contributed by atoms with van der Waals surface area (Å²) in [5, 5.41) is 0. The molecule has 0 aliphatic carbocycles. The zero-order chi connectivity index (χ0) is 17.7. The van der Waals surface area contributed by atoms with E-state index in [9.17, 15) is 9.59 Å². The molecule has 0 bridgehead atoms. The van der Waals surface area contributed by atoms with Gasteiger partial charge in [-0.25, -0.2) is 0 Å². The maximum Gasteiger partial charge on any atom is 0.223 e. The number of nitrogens with zero attached hydrogens (tertiary/aromatic N) is 1. The van der Waals surface area contributed by atoms with Crippen LogP contribution in [0.2, 0.25) is 4.34 Å². The Kier molecular flexibility index (Phi) is 6.58. The second-order valence-electron chi connectivity index (χ2n) is 5.84. The normalized spacial score (nSPS) is 10.7. The summed E-state index contributed by atoms with van der Waals surface area (Å²) in [6.07, 6.45) is 0.474. The molecule has 1 heterocycles. The van der Waals surface area contributed by atoms with E-state index < -0.39 is 0 Å². The Morgan fingerprint density at radius 2 is 1.83 bits per heavy atom. The minimum absolute atomic E-state index is 0.000735. The number of carbonyl (C=O) groups excluding carboxylic acids is 2. The Balaban J connectivity index is 1.92. The molecule has 5 heteroatoms. The zero-order valence-electron chi connectivity index (χ0n) is 14.3. The van der Waals surface area contributed by atoms with E-state index in [4.69, 9.17) is 11.6 Å². The SMILES string of the molecule is CCN(Cc1ccc(Cl)s1)C(=O)CCC(=O)c1ccc(C)c(C)c1. The molecule has 0 aliphatic rings. The van der Waals surface area contributed by atoms with Gasteiger partial charge in [0.1, 0.15) is 0 Å². The van der Waals surface area contributed by atoms with Gasteiger partial charge in [-0.2, -0.15) is 0 Å². The lowest BCUT2D eigenvalue weighted by molar-refractivity contribution is -0.131. The monoisotopic (exact) mass is 363 g/mol. The smallest absolute Gasteiger partial charge is 0.223 e. The van der Waals surface area contributed by atoms with Crippen molar-refractivity contribution in [1.82, 2.24) is 4.90 Å². The number of carbonyl (C=O) groups is 2. The Labute approximate surface area is 152 Å². The van der Waals surface area contributed by atoms with Gasteiger partial charge in [0, 0.05) is 29.8 Å². The van der Waals surface area contributed by atoms with Crippen molar-refractivity contribution in [2.24, 2.45) is 0 Å². The lowest BCUT2D eigenvalue weighted by Gasteiger charge is -2.20. The van der Waals surface area contributed by atoms with Gasteiger partial charge >= 0.3 is 0 Å². The molecule has 1 amide bonds. The van der Waals surface area contributed by atoms with Crippen LogP contribution in [0.5, 0.6) is 0 Å². The van der Waals surface area contributed by atoms with Crippen LogP contribution in [0.1, 0.15) is 46.1 Å². The summed E-state index contributed by atoms with van der Waals surface area (Å²) in [5.41, 5.74) is 2.94. The molecule has 2 rings (SSSR count). The Morgan fingerprint density at radius 1 is 1.08 bits per heavy atom. The van der Waals surface area contributed by atoms with Crippen LogP contribution in [-0.2, 0) is 11.3 Å². The van der Waals surface area contributed by atoms with E-state index in [2.05, 4.69) is 0 Å². The van der Waals surface area contributed by atoms with Gasteiger partial charge in [0.2, 0.25) is 5.91 Å². The molecule has 0 N–H and O–H groups in total. The van der Waals surface area contributed by atoms with E-state index >= 15 is 0 Å². The number of hydrogen-bond donors (Lipinski definition) is 0. The van der Waals surface area contributed by atoms with Crippen LogP contribution in [0.4, 0.5) is 0 Å². The summed E-state index contributed by atoms with van der Waals surface area (Å²) in [7, 11) is 0. The largest absolute Gasteiger partial charge is 0.338 e. The molecular weight excluding hydrogens is 342 g/mol. The highest BCUT2D eigenvalue weighted by molar-refractivity contribution is 7.16. The number of halogens is 1. The fourth-order valence-electron chi connectivity index (χ4n) is 2.44. The number of rotatable bonds is 7. The first-order valence-corrected chi connectivity index (χ1v) is 9.22. The van der Waals surface area contributed by atoms with E-state index in [0.717, 1.165) is 20.3 Å². The van der Waals surface area contributed by atoms with Crippen molar-refractivity contribution in [3.05, 3.63) is 56.2 Å². The molecular formula is C19H22ClNO2S. The van der Waals surface area contributed by atoms with Crippen molar-refractivity contribution >= 4 is 34.6 Å². The average Bonchev–Trinajstić information content (AvgIpc) is 2.97. The first-order valence-electron chi connectivity index (χ1n) is 8.03. The number of hydrogen-bond acceptors (Lipinski definition) is 3. The molecule has 2 aromatic rings. The molecule has 0 saturated carbocycles.